The molecule has 1 aromatic carbocycles. The molecule has 148 valence electrons. The Morgan fingerprint density at radius 2 is 2.03 bits per heavy atom. The summed E-state index contributed by atoms with van der Waals surface area (Å²) in [5.74, 6) is -0.117. The van der Waals surface area contributed by atoms with E-state index < -0.39 is 5.54 Å². The summed E-state index contributed by atoms with van der Waals surface area (Å²) in [7, 11) is 1.83. The van der Waals surface area contributed by atoms with E-state index in [-0.39, 0.29) is 24.5 Å². The van der Waals surface area contributed by atoms with E-state index in [0.29, 0.717) is 30.7 Å². The molecule has 2 amide bonds. The number of likely N-dealkylation sites (tertiary alicyclic amines) is 1. The van der Waals surface area contributed by atoms with Crippen molar-refractivity contribution >= 4 is 17.5 Å². The van der Waals surface area contributed by atoms with Crippen LogP contribution >= 0.6 is 0 Å². The summed E-state index contributed by atoms with van der Waals surface area (Å²) >= 11 is 0. The van der Waals surface area contributed by atoms with Gasteiger partial charge in [0.25, 0.3) is 5.91 Å². The van der Waals surface area contributed by atoms with E-state index in [2.05, 4.69) is 10.1 Å². The molecule has 0 aliphatic carbocycles. The van der Waals surface area contributed by atoms with Crippen molar-refractivity contribution in [2.24, 2.45) is 0 Å². The molecular weight excluding hydrogens is 370 g/mol. The van der Waals surface area contributed by atoms with Gasteiger partial charge in [-0.15, -0.1) is 0 Å². The lowest BCUT2D eigenvalue weighted by Crippen LogP contribution is -2.67. The molecule has 2 atom stereocenters. The third kappa shape index (κ3) is 2.71. The zero-order valence-electron chi connectivity index (χ0n) is 16.1. The molecule has 0 spiro atoms. The fraction of sp³-hybridized carbons (Fsp3) is 0.333. The van der Waals surface area contributed by atoms with Crippen LogP contribution in [0.5, 0.6) is 0 Å². The van der Waals surface area contributed by atoms with Gasteiger partial charge >= 0.3 is 0 Å². The van der Waals surface area contributed by atoms with Crippen molar-refractivity contribution in [3.8, 4) is 0 Å². The van der Waals surface area contributed by atoms with Gasteiger partial charge < -0.3 is 14.5 Å². The second kappa shape index (κ2) is 6.66. The number of hydrogen-bond donors (Lipinski definition) is 0. The Hall–Kier alpha value is -3.26. The van der Waals surface area contributed by atoms with Crippen molar-refractivity contribution in [2.75, 3.05) is 26.7 Å². The first-order chi connectivity index (χ1) is 14.1. The van der Waals surface area contributed by atoms with Gasteiger partial charge in [-0.2, -0.15) is 5.10 Å². The number of fused-ring (bicyclic) bond motifs is 2. The lowest BCUT2D eigenvalue weighted by Gasteiger charge is -2.54. The standard InChI is InChI=1S/C21H21N5O3/c1-24-19(27)13-29-17-12-25(10-9-21(17,24)16-5-3-2-4-6-16)20(28)15-7-8-18-22-14-23-26(18)11-15/h2-8,11,14,17H,9-10,12-13H2,1H3/t17-,21+/m1/s1. The number of pyridine rings is 1. The van der Waals surface area contributed by atoms with Crippen LogP contribution < -0.4 is 0 Å². The number of hydrogen-bond acceptors (Lipinski definition) is 5. The van der Waals surface area contributed by atoms with Crippen LogP contribution in [0.25, 0.3) is 5.65 Å². The molecule has 0 N–H and O–H groups in total. The summed E-state index contributed by atoms with van der Waals surface area (Å²) in [6.07, 6.45) is 3.48. The third-order valence-corrected chi connectivity index (χ3v) is 6.14. The van der Waals surface area contributed by atoms with E-state index in [4.69, 9.17) is 4.74 Å². The Balaban J connectivity index is 1.46. The number of piperidine rings is 1. The molecule has 29 heavy (non-hydrogen) atoms. The average Bonchev–Trinajstić information content (AvgIpc) is 3.24. The summed E-state index contributed by atoms with van der Waals surface area (Å²) in [6, 6.07) is 13.5. The Bertz CT molecular complexity index is 1080. The molecular formula is C21H21N5O3. The Kier molecular flexibility index (Phi) is 4.09. The number of nitrogens with zero attached hydrogens (tertiary/aromatic N) is 5. The van der Waals surface area contributed by atoms with Gasteiger partial charge in [0.1, 0.15) is 19.0 Å². The number of carbonyl (C=O) groups excluding carboxylic acids is 2. The van der Waals surface area contributed by atoms with Gasteiger partial charge in [-0.25, -0.2) is 9.50 Å². The summed E-state index contributed by atoms with van der Waals surface area (Å²) in [5, 5.41) is 4.11. The van der Waals surface area contributed by atoms with Crippen molar-refractivity contribution in [3.63, 3.8) is 0 Å². The second-order valence-corrected chi connectivity index (χ2v) is 7.52. The molecule has 2 aliphatic heterocycles. The summed E-state index contributed by atoms with van der Waals surface area (Å²) in [4.78, 5) is 33.3. The topological polar surface area (TPSA) is 80.0 Å². The van der Waals surface area contributed by atoms with Crippen LogP contribution in [-0.2, 0) is 15.1 Å². The fourth-order valence-corrected chi connectivity index (χ4v) is 4.54. The maximum Gasteiger partial charge on any atom is 0.255 e. The number of amides is 2. The molecule has 2 aromatic heterocycles. The minimum absolute atomic E-state index is 0.0305. The number of morpholine rings is 1. The van der Waals surface area contributed by atoms with Crippen LogP contribution in [0.15, 0.2) is 55.0 Å². The normalized spacial score (nSPS) is 24.6. The third-order valence-electron chi connectivity index (χ3n) is 6.14. The maximum absolute atomic E-state index is 13.2. The number of benzene rings is 1. The van der Waals surface area contributed by atoms with Crippen LogP contribution in [0.4, 0.5) is 0 Å². The van der Waals surface area contributed by atoms with Crippen molar-refractivity contribution < 1.29 is 14.3 Å². The summed E-state index contributed by atoms with van der Waals surface area (Å²) in [6.45, 7) is 0.976. The molecule has 0 saturated carbocycles. The SMILES string of the molecule is CN1C(=O)CO[C@@H]2CN(C(=O)c3ccc4ncnn4c3)CC[C@]21c1ccccc1. The van der Waals surface area contributed by atoms with Crippen LogP contribution in [0.2, 0.25) is 0 Å². The van der Waals surface area contributed by atoms with Crippen molar-refractivity contribution in [1.82, 2.24) is 24.4 Å². The molecule has 5 rings (SSSR count). The van der Waals surface area contributed by atoms with Gasteiger partial charge in [-0.3, -0.25) is 9.59 Å². The highest BCUT2D eigenvalue weighted by Gasteiger charge is 2.53. The highest BCUT2D eigenvalue weighted by atomic mass is 16.5. The predicted octanol–water partition coefficient (Wildman–Crippen LogP) is 1.33. The molecule has 4 heterocycles. The number of likely N-dealkylation sites (N-methyl/N-ethyl adjacent to an activating group) is 1. The minimum Gasteiger partial charge on any atom is -0.364 e. The second-order valence-electron chi connectivity index (χ2n) is 7.52. The summed E-state index contributed by atoms with van der Waals surface area (Å²) < 4.78 is 7.58. The Morgan fingerprint density at radius 1 is 1.21 bits per heavy atom. The molecule has 8 heteroatoms. The van der Waals surface area contributed by atoms with Crippen LogP contribution in [0.1, 0.15) is 22.3 Å². The van der Waals surface area contributed by atoms with Gasteiger partial charge in [0.15, 0.2) is 5.65 Å². The molecule has 2 aliphatic rings. The maximum atomic E-state index is 13.2. The minimum atomic E-state index is -0.566. The number of rotatable bonds is 2. The first-order valence-electron chi connectivity index (χ1n) is 9.62. The summed E-state index contributed by atoms with van der Waals surface area (Å²) in [5.41, 5.74) is 1.72. The van der Waals surface area contributed by atoms with E-state index in [9.17, 15) is 9.59 Å². The lowest BCUT2D eigenvalue weighted by molar-refractivity contribution is -0.180. The first kappa shape index (κ1) is 17.8. The molecule has 0 radical (unpaired) electrons. The molecule has 0 bridgehead atoms. The van der Waals surface area contributed by atoms with Crippen molar-refractivity contribution in [1.29, 1.82) is 0 Å². The number of aromatic nitrogens is 3. The van der Waals surface area contributed by atoms with Gasteiger partial charge in [0.2, 0.25) is 5.91 Å². The van der Waals surface area contributed by atoms with Gasteiger partial charge in [-0.05, 0) is 24.1 Å². The van der Waals surface area contributed by atoms with Crippen molar-refractivity contribution in [3.05, 3.63) is 66.1 Å². The first-order valence-corrected chi connectivity index (χ1v) is 9.62. The van der Waals surface area contributed by atoms with Crippen LogP contribution in [0, 0.1) is 0 Å². The highest BCUT2D eigenvalue weighted by molar-refractivity contribution is 5.94. The molecule has 0 unspecified atom stereocenters. The number of ether oxygens (including phenoxy) is 1. The largest absolute Gasteiger partial charge is 0.364 e. The van der Waals surface area contributed by atoms with Crippen LogP contribution in [0.3, 0.4) is 0 Å². The smallest absolute Gasteiger partial charge is 0.255 e. The lowest BCUT2D eigenvalue weighted by atomic mass is 9.76. The van der Waals surface area contributed by atoms with Gasteiger partial charge in [0.05, 0.1) is 11.1 Å². The fourth-order valence-electron chi connectivity index (χ4n) is 4.54. The zero-order valence-corrected chi connectivity index (χ0v) is 16.1. The van der Waals surface area contributed by atoms with E-state index in [1.54, 1.807) is 32.6 Å². The molecule has 2 fully saturated rings. The van der Waals surface area contributed by atoms with E-state index in [1.807, 2.05) is 37.4 Å². The van der Waals surface area contributed by atoms with E-state index >= 15 is 0 Å². The predicted molar refractivity (Wildman–Crippen MR) is 104 cm³/mol. The Morgan fingerprint density at radius 3 is 2.86 bits per heavy atom. The zero-order chi connectivity index (χ0) is 20.0. The Labute approximate surface area is 167 Å². The molecule has 2 saturated heterocycles. The van der Waals surface area contributed by atoms with Crippen molar-refractivity contribution in [2.45, 2.75) is 18.1 Å². The van der Waals surface area contributed by atoms with E-state index in [1.165, 1.54) is 6.33 Å². The average molecular weight is 391 g/mol. The van der Waals surface area contributed by atoms with Gasteiger partial charge in [-0.1, -0.05) is 30.3 Å². The van der Waals surface area contributed by atoms with E-state index in [0.717, 1.165) is 5.56 Å². The number of carbonyl (C=O) groups is 2. The monoisotopic (exact) mass is 391 g/mol. The quantitative estimate of drug-likeness (QED) is 0.658. The van der Waals surface area contributed by atoms with Gasteiger partial charge in [0, 0.05) is 26.3 Å². The molecule has 8 nitrogen and oxygen atoms in total. The molecule has 3 aromatic rings. The highest BCUT2D eigenvalue weighted by Crippen LogP contribution is 2.42. The van der Waals surface area contributed by atoms with Crippen LogP contribution in [-0.4, -0.2) is 69.1 Å².